The van der Waals surface area contributed by atoms with Gasteiger partial charge in [0.05, 0.1) is 15.7 Å². The number of hydrogen-bond acceptors (Lipinski definition) is 2. The number of hydrogen-bond donors (Lipinski definition) is 0. The third-order valence-corrected chi connectivity index (χ3v) is 10.00. The van der Waals surface area contributed by atoms with Gasteiger partial charge >= 0.3 is 0 Å². The molecule has 8 aromatic carbocycles. The molecule has 0 N–H and O–H groups in total. The Bertz CT molecular complexity index is 2560. The van der Waals surface area contributed by atoms with E-state index in [4.69, 9.17) is 0 Å². The molecule has 0 radical (unpaired) electrons. The van der Waals surface area contributed by atoms with Gasteiger partial charge in [-0.25, -0.2) is 4.98 Å². The van der Waals surface area contributed by atoms with Crippen molar-refractivity contribution in [1.82, 2.24) is 4.98 Å². The molecule has 0 spiro atoms. The minimum absolute atomic E-state index is 1.05. The average Bonchev–Trinajstić information content (AvgIpc) is 3.63. The van der Waals surface area contributed by atoms with Crippen LogP contribution in [0.4, 0.5) is 0 Å². The van der Waals surface area contributed by atoms with Crippen molar-refractivity contribution in [3.05, 3.63) is 175 Å². The first-order chi connectivity index (χ1) is 23.3. The van der Waals surface area contributed by atoms with E-state index in [0.29, 0.717) is 0 Å². The standard InChI is InChI=1S/C45H29NS/c1-3-11-30(12-4-1)32-15-9-17-36(25-32)44-38-19-7-8-20-39(38)45(37-18-10-16-33(26-37)31-13-5-2-6-14-31)41-27-34(21-23-40(41)44)35-22-24-42-43(28-35)47-29-46-42/h1-29H. The molecule has 0 saturated heterocycles. The maximum absolute atomic E-state index is 4.52. The van der Waals surface area contributed by atoms with E-state index in [1.54, 1.807) is 11.3 Å². The summed E-state index contributed by atoms with van der Waals surface area (Å²) in [6, 6.07) is 61.9. The lowest BCUT2D eigenvalue weighted by Crippen LogP contribution is -1.92. The second-order valence-corrected chi connectivity index (χ2v) is 12.9. The molecular weight excluding hydrogens is 587 g/mol. The summed E-state index contributed by atoms with van der Waals surface area (Å²) in [6.07, 6.45) is 0. The summed E-state index contributed by atoms with van der Waals surface area (Å²) in [4.78, 5) is 4.52. The third kappa shape index (κ3) is 4.91. The van der Waals surface area contributed by atoms with E-state index in [-0.39, 0.29) is 0 Å². The lowest BCUT2D eigenvalue weighted by atomic mass is 9.84. The summed E-state index contributed by atoms with van der Waals surface area (Å²) >= 11 is 1.69. The Hall–Kier alpha value is -5.83. The molecule has 0 atom stereocenters. The largest absolute Gasteiger partial charge is 0.245 e. The number of benzene rings is 8. The molecule has 0 bridgehead atoms. The molecule has 0 saturated carbocycles. The molecule has 0 aliphatic rings. The fraction of sp³-hybridized carbons (Fsp3) is 0. The Morgan fingerprint density at radius 3 is 1.43 bits per heavy atom. The number of fused-ring (bicyclic) bond motifs is 3. The van der Waals surface area contributed by atoms with Crippen molar-refractivity contribution < 1.29 is 0 Å². The first-order valence-corrected chi connectivity index (χ1v) is 16.8. The third-order valence-electron chi connectivity index (χ3n) is 9.21. The maximum atomic E-state index is 4.52. The highest BCUT2D eigenvalue weighted by molar-refractivity contribution is 7.16. The van der Waals surface area contributed by atoms with Gasteiger partial charge in [0, 0.05) is 0 Å². The van der Waals surface area contributed by atoms with Crippen LogP contribution in [-0.4, -0.2) is 4.98 Å². The van der Waals surface area contributed by atoms with Crippen molar-refractivity contribution in [2.24, 2.45) is 0 Å². The molecule has 0 unspecified atom stereocenters. The van der Waals surface area contributed by atoms with Crippen LogP contribution in [0.25, 0.3) is 87.4 Å². The second-order valence-electron chi connectivity index (χ2n) is 12.0. The summed E-state index contributed by atoms with van der Waals surface area (Å²) in [6.45, 7) is 0. The van der Waals surface area contributed by atoms with Gasteiger partial charge < -0.3 is 0 Å². The molecule has 2 heteroatoms. The van der Waals surface area contributed by atoms with E-state index in [0.717, 1.165) is 5.52 Å². The Morgan fingerprint density at radius 2 is 0.787 bits per heavy atom. The van der Waals surface area contributed by atoms with Crippen molar-refractivity contribution in [1.29, 1.82) is 0 Å². The first kappa shape index (κ1) is 27.5. The zero-order valence-corrected chi connectivity index (χ0v) is 26.4. The molecule has 47 heavy (non-hydrogen) atoms. The van der Waals surface area contributed by atoms with E-state index in [1.165, 1.54) is 81.9 Å². The van der Waals surface area contributed by atoms with Crippen LogP contribution in [0.5, 0.6) is 0 Å². The molecular formula is C45H29NS. The molecule has 0 amide bonds. The molecule has 9 rings (SSSR count). The monoisotopic (exact) mass is 615 g/mol. The normalized spacial score (nSPS) is 11.4. The van der Waals surface area contributed by atoms with Gasteiger partial charge in [-0.05, 0) is 108 Å². The molecule has 220 valence electrons. The summed E-state index contributed by atoms with van der Waals surface area (Å²) in [7, 11) is 0. The number of thiazole rings is 1. The predicted molar refractivity (Wildman–Crippen MR) is 202 cm³/mol. The maximum Gasteiger partial charge on any atom is 0.0812 e. The summed E-state index contributed by atoms with van der Waals surface area (Å²) < 4.78 is 1.20. The van der Waals surface area contributed by atoms with Crippen molar-refractivity contribution in [3.63, 3.8) is 0 Å². The van der Waals surface area contributed by atoms with Crippen LogP contribution in [0.2, 0.25) is 0 Å². The van der Waals surface area contributed by atoms with E-state index in [9.17, 15) is 0 Å². The van der Waals surface area contributed by atoms with Crippen LogP contribution >= 0.6 is 11.3 Å². The smallest absolute Gasteiger partial charge is 0.0812 e. The number of aromatic nitrogens is 1. The van der Waals surface area contributed by atoms with Crippen LogP contribution < -0.4 is 0 Å². The van der Waals surface area contributed by atoms with Gasteiger partial charge in [-0.3, -0.25) is 0 Å². The Kier molecular flexibility index (Phi) is 6.73. The number of nitrogens with zero attached hydrogens (tertiary/aromatic N) is 1. The van der Waals surface area contributed by atoms with Crippen molar-refractivity contribution >= 4 is 43.1 Å². The molecule has 1 aromatic heterocycles. The zero-order valence-electron chi connectivity index (χ0n) is 25.6. The fourth-order valence-electron chi connectivity index (χ4n) is 6.98. The van der Waals surface area contributed by atoms with E-state index < -0.39 is 0 Å². The highest BCUT2D eigenvalue weighted by atomic mass is 32.1. The van der Waals surface area contributed by atoms with Gasteiger partial charge in [0.15, 0.2) is 0 Å². The van der Waals surface area contributed by atoms with Gasteiger partial charge in [-0.15, -0.1) is 11.3 Å². The summed E-state index contributed by atoms with van der Waals surface area (Å²) in [5.41, 5.74) is 15.2. The zero-order chi connectivity index (χ0) is 31.2. The fourth-order valence-corrected chi connectivity index (χ4v) is 7.70. The molecule has 0 aliphatic carbocycles. The van der Waals surface area contributed by atoms with Crippen LogP contribution in [-0.2, 0) is 0 Å². The van der Waals surface area contributed by atoms with Crippen molar-refractivity contribution in [2.75, 3.05) is 0 Å². The minimum atomic E-state index is 1.05. The quantitative estimate of drug-likeness (QED) is 0.176. The average molecular weight is 616 g/mol. The summed E-state index contributed by atoms with van der Waals surface area (Å²) in [5, 5.41) is 5.00. The van der Waals surface area contributed by atoms with E-state index in [1.807, 2.05) is 5.51 Å². The Balaban J connectivity index is 1.35. The molecule has 1 nitrogen and oxygen atoms in total. The SMILES string of the molecule is c1ccc(-c2cccc(-c3c4ccccc4c(-c4cccc(-c5ccccc5)c4)c4cc(-c5ccc6ncsc6c5)ccc34)c2)cc1. The minimum Gasteiger partial charge on any atom is -0.245 e. The van der Waals surface area contributed by atoms with Gasteiger partial charge in [-0.1, -0.05) is 140 Å². The number of rotatable bonds is 5. The van der Waals surface area contributed by atoms with Gasteiger partial charge in [-0.2, -0.15) is 0 Å². The highest BCUT2D eigenvalue weighted by Gasteiger charge is 2.18. The Labute approximate surface area is 278 Å². The first-order valence-electron chi connectivity index (χ1n) is 15.9. The van der Waals surface area contributed by atoms with Gasteiger partial charge in [0.2, 0.25) is 0 Å². The van der Waals surface area contributed by atoms with Crippen LogP contribution in [0.3, 0.4) is 0 Å². The molecule has 0 fully saturated rings. The van der Waals surface area contributed by atoms with Crippen LogP contribution in [0.15, 0.2) is 175 Å². The van der Waals surface area contributed by atoms with Gasteiger partial charge in [0.1, 0.15) is 0 Å². The second kappa shape index (κ2) is 11.5. The van der Waals surface area contributed by atoms with Crippen molar-refractivity contribution in [3.8, 4) is 55.6 Å². The molecule has 1 heterocycles. The van der Waals surface area contributed by atoms with E-state index in [2.05, 4.69) is 175 Å². The topological polar surface area (TPSA) is 12.9 Å². The lowest BCUT2D eigenvalue weighted by Gasteiger charge is -2.19. The lowest BCUT2D eigenvalue weighted by molar-refractivity contribution is 1.50. The Morgan fingerprint density at radius 1 is 0.319 bits per heavy atom. The van der Waals surface area contributed by atoms with Crippen LogP contribution in [0.1, 0.15) is 0 Å². The van der Waals surface area contributed by atoms with Crippen LogP contribution in [0, 0.1) is 0 Å². The summed E-state index contributed by atoms with van der Waals surface area (Å²) in [5.74, 6) is 0. The molecule has 0 aliphatic heterocycles. The van der Waals surface area contributed by atoms with E-state index >= 15 is 0 Å². The van der Waals surface area contributed by atoms with Gasteiger partial charge in [0.25, 0.3) is 0 Å². The predicted octanol–water partition coefficient (Wildman–Crippen LogP) is 12.9. The van der Waals surface area contributed by atoms with Crippen molar-refractivity contribution in [2.45, 2.75) is 0 Å². The highest BCUT2D eigenvalue weighted by Crippen LogP contribution is 2.46. The molecule has 9 aromatic rings.